The van der Waals surface area contributed by atoms with Crippen molar-refractivity contribution in [1.82, 2.24) is 5.32 Å². The molecule has 1 saturated heterocycles. The average molecular weight is 314 g/mol. The standard InChI is InChI=1S/C15H26N2O3S/c1-5-6-7-16-15-17-13-10(3)9(2)12(8-19-11(4)18)20-14(13)21-15/h9-10,12-14H,5-8H2,1-4H3,(H,16,17)/t9-,10-,12+,13+,14+/m0/s1. The van der Waals surface area contributed by atoms with Crippen LogP contribution in [0.2, 0.25) is 0 Å². The van der Waals surface area contributed by atoms with E-state index in [9.17, 15) is 4.79 Å². The Morgan fingerprint density at radius 2 is 2.19 bits per heavy atom. The molecule has 0 aromatic carbocycles. The Labute approximate surface area is 131 Å². The van der Waals surface area contributed by atoms with Crippen LogP contribution in [0.3, 0.4) is 0 Å². The smallest absolute Gasteiger partial charge is 0.302 e. The van der Waals surface area contributed by atoms with Crippen molar-refractivity contribution in [2.24, 2.45) is 16.8 Å². The Bertz CT molecular complexity index is 402. The number of hydrogen-bond acceptors (Lipinski definition) is 6. The van der Waals surface area contributed by atoms with Gasteiger partial charge in [-0.05, 0) is 18.3 Å². The second kappa shape index (κ2) is 7.49. The summed E-state index contributed by atoms with van der Waals surface area (Å²) in [4.78, 5) is 15.8. The van der Waals surface area contributed by atoms with E-state index in [1.807, 2.05) is 0 Å². The maximum Gasteiger partial charge on any atom is 0.302 e. The summed E-state index contributed by atoms with van der Waals surface area (Å²) >= 11 is 1.66. The van der Waals surface area contributed by atoms with E-state index >= 15 is 0 Å². The highest BCUT2D eigenvalue weighted by atomic mass is 32.2. The number of esters is 1. The molecule has 2 heterocycles. The summed E-state index contributed by atoms with van der Waals surface area (Å²) < 4.78 is 11.2. The van der Waals surface area contributed by atoms with E-state index in [1.165, 1.54) is 13.3 Å². The lowest BCUT2D eigenvalue weighted by Crippen LogP contribution is -2.47. The van der Waals surface area contributed by atoms with E-state index in [2.05, 4.69) is 26.1 Å². The first-order chi connectivity index (χ1) is 10.0. The number of nitrogens with one attached hydrogen (secondary N) is 1. The number of hydrogen-bond donors (Lipinski definition) is 1. The van der Waals surface area contributed by atoms with E-state index in [4.69, 9.17) is 14.5 Å². The lowest BCUT2D eigenvalue weighted by molar-refractivity contribution is -0.152. The number of thioether (sulfide) groups is 1. The third-order valence-electron chi connectivity index (χ3n) is 4.29. The maximum absolute atomic E-state index is 11.0. The van der Waals surface area contributed by atoms with Crippen LogP contribution in [0, 0.1) is 11.8 Å². The highest BCUT2D eigenvalue weighted by molar-refractivity contribution is 8.14. The van der Waals surface area contributed by atoms with Crippen molar-refractivity contribution in [2.45, 2.75) is 58.1 Å². The molecule has 0 radical (unpaired) electrons. The Morgan fingerprint density at radius 3 is 2.86 bits per heavy atom. The van der Waals surface area contributed by atoms with Gasteiger partial charge < -0.3 is 14.8 Å². The summed E-state index contributed by atoms with van der Waals surface area (Å²) in [6.45, 7) is 9.27. The van der Waals surface area contributed by atoms with E-state index in [0.717, 1.165) is 18.1 Å². The summed E-state index contributed by atoms with van der Waals surface area (Å²) in [5.74, 6) is 0.491. The molecule has 5 nitrogen and oxygen atoms in total. The fourth-order valence-corrected chi connectivity index (χ4v) is 3.91. The number of rotatable bonds is 5. The van der Waals surface area contributed by atoms with Crippen LogP contribution >= 0.6 is 11.8 Å². The molecule has 120 valence electrons. The predicted octanol–water partition coefficient (Wildman–Crippen LogP) is 2.41. The van der Waals surface area contributed by atoms with Crippen LogP contribution in [-0.2, 0) is 14.3 Å². The highest BCUT2D eigenvalue weighted by Crippen LogP contribution is 2.41. The number of aliphatic imine (C=N–C) groups is 1. The van der Waals surface area contributed by atoms with Gasteiger partial charge in [0.05, 0.1) is 12.1 Å². The molecule has 0 saturated carbocycles. The zero-order valence-corrected chi connectivity index (χ0v) is 14.1. The van der Waals surface area contributed by atoms with Crippen LogP contribution in [0.1, 0.15) is 40.5 Å². The van der Waals surface area contributed by atoms with Crippen molar-refractivity contribution in [1.29, 1.82) is 0 Å². The monoisotopic (exact) mass is 314 g/mol. The van der Waals surface area contributed by atoms with Crippen molar-refractivity contribution < 1.29 is 14.3 Å². The fourth-order valence-electron chi connectivity index (χ4n) is 2.68. The van der Waals surface area contributed by atoms with Crippen LogP contribution in [0.5, 0.6) is 0 Å². The Morgan fingerprint density at radius 1 is 1.43 bits per heavy atom. The Balaban J connectivity index is 1.92. The molecular weight excluding hydrogens is 288 g/mol. The van der Waals surface area contributed by atoms with Crippen molar-refractivity contribution in [3.05, 3.63) is 0 Å². The molecule has 0 spiro atoms. The summed E-state index contributed by atoms with van der Waals surface area (Å²) in [6.07, 6.45) is 2.28. The predicted molar refractivity (Wildman–Crippen MR) is 85.3 cm³/mol. The minimum Gasteiger partial charge on any atom is -0.463 e. The van der Waals surface area contributed by atoms with Gasteiger partial charge in [0.1, 0.15) is 12.0 Å². The van der Waals surface area contributed by atoms with Crippen molar-refractivity contribution in [3.63, 3.8) is 0 Å². The van der Waals surface area contributed by atoms with Crippen molar-refractivity contribution in [2.75, 3.05) is 13.2 Å². The van der Waals surface area contributed by atoms with Gasteiger partial charge in [0.25, 0.3) is 0 Å². The number of nitrogens with zero attached hydrogens (tertiary/aromatic N) is 1. The normalized spacial score (nSPS) is 35.0. The van der Waals surface area contributed by atoms with Gasteiger partial charge in [0.15, 0.2) is 5.17 Å². The van der Waals surface area contributed by atoms with Gasteiger partial charge in [0.2, 0.25) is 0 Å². The molecule has 5 atom stereocenters. The molecule has 0 aromatic heterocycles. The molecule has 1 N–H and O–H groups in total. The van der Waals surface area contributed by atoms with E-state index in [1.54, 1.807) is 11.8 Å². The SMILES string of the molecule is CCCCNC1=N[C@@H]2[C@@H](C)[C@H](C)[C@@H](COC(C)=O)O[C@@H]2S1. The third kappa shape index (κ3) is 4.13. The van der Waals surface area contributed by atoms with E-state index in [0.29, 0.717) is 18.4 Å². The largest absolute Gasteiger partial charge is 0.463 e. The van der Waals surface area contributed by atoms with Gasteiger partial charge in [-0.15, -0.1) is 0 Å². The van der Waals surface area contributed by atoms with Crippen molar-refractivity contribution in [3.8, 4) is 0 Å². The molecule has 2 rings (SSSR count). The first kappa shape index (κ1) is 16.6. The van der Waals surface area contributed by atoms with Gasteiger partial charge in [-0.1, -0.05) is 39.0 Å². The van der Waals surface area contributed by atoms with Gasteiger partial charge in [0, 0.05) is 13.5 Å². The van der Waals surface area contributed by atoms with Crippen LogP contribution in [0.25, 0.3) is 0 Å². The zero-order valence-electron chi connectivity index (χ0n) is 13.3. The molecule has 0 amide bonds. The van der Waals surface area contributed by atoms with E-state index < -0.39 is 0 Å². The minimum absolute atomic E-state index is 0.0390. The topological polar surface area (TPSA) is 59.9 Å². The van der Waals surface area contributed by atoms with Crippen LogP contribution < -0.4 is 5.32 Å². The van der Waals surface area contributed by atoms with Gasteiger partial charge in [-0.25, -0.2) is 0 Å². The third-order valence-corrected chi connectivity index (χ3v) is 5.39. The van der Waals surface area contributed by atoms with Crippen LogP contribution in [-0.4, -0.2) is 41.9 Å². The van der Waals surface area contributed by atoms with Gasteiger partial charge >= 0.3 is 5.97 Å². The number of unbranched alkanes of at least 4 members (excludes halogenated alkanes) is 1. The van der Waals surface area contributed by atoms with Gasteiger partial charge in [-0.2, -0.15) is 0 Å². The summed E-state index contributed by atoms with van der Waals surface area (Å²) in [7, 11) is 0. The molecule has 0 bridgehead atoms. The summed E-state index contributed by atoms with van der Waals surface area (Å²) in [6, 6.07) is 0.197. The molecule has 0 unspecified atom stereocenters. The quantitative estimate of drug-likeness (QED) is 0.624. The fraction of sp³-hybridized carbons (Fsp3) is 0.867. The van der Waals surface area contributed by atoms with Crippen molar-refractivity contribution >= 4 is 22.9 Å². The molecule has 1 fully saturated rings. The molecule has 0 aliphatic carbocycles. The molecule has 6 heteroatoms. The number of fused-ring (bicyclic) bond motifs is 1. The Kier molecular flexibility index (Phi) is 5.93. The molecule has 0 aromatic rings. The molecule has 2 aliphatic rings. The van der Waals surface area contributed by atoms with Gasteiger partial charge in [-0.3, -0.25) is 9.79 Å². The summed E-state index contributed by atoms with van der Waals surface area (Å²) in [5, 5.41) is 4.38. The zero-order chi connectivity index (χ0) is 15.4. The number of amidine groups is 1. The molecular formula is C15H26N2O3S. The van der Waals surface area contributed by atoms with Crippen LogP contribution in [0.15, 0.2) is 4.99 Å². The summed E-state index contributed by atoms with van der Waals surface area (Å²) in [5.41, 5.74) is 0.0425. The number of ether oxygens (including phenoxy) is 2. The second-order valence-electron chi connectivity index (χ2n) is 5.89. The highest BCUT2D eigenvalue weighted by Gasteiger charge is 2.45. The van der Waals surface area contributed by atoms with Crippen LogP contribution in [0.4, 0.5) is 0 Å². The maximum atomic E-state index is 11.0. The minimum atomic E-state index is -0.252. The first-order valence-corrected chi connectivity index (χ1v) is 8.68. The average Bonchev–Trinajstić information content (AvgIpc) is 2.84. The lowest BCUT2D eigenvalue weighted by atomic mass is 9.83. The lowest BCUT2D eigenvalue weighted by Gasteiger charge is -2.40. The second-order valence-corrected chi connectivity index (χ2v) is 6.97. The molecule has 21 heavy (non-hydrogen) atoms. The molecule has 2 aliphatic heterocycles. The number of carbonyl (C=O) groups excluding carboxylic acids is 1. The first-order valence-electron chi connectivity index (χ1n) is 7.80. The van der Waals surface area contributed by atoms with E-state index in [-0.39, 0.29) is 23.6 Å². The number of carbonyl (C=O) groups is 1. The Hall–Kier alpha value is -0.750.